The average Bonchev–Trinajstić information content (AvgIpc) is 2.68. The van der Waals surface area contributed by atoms with Crippen LogP contribution < -0.4 is 9.47 Å². The molecule has 1 aromatic heterocycles. The van der Waals surface area contributed by atoms with E-state index in [2.05, 4.69) is 20.9 Å². The van der Waals surface area contributed by atoms with Crippen molar-refractivity contribution in [1.82, 2.24) is 4.98 Å². The van der Waals surface area contributed by atoms with Crippen LogP contribution in [-0.2, 0) is 15.6 Å². The number of ether oxygens (including phenoxy) is 2. The van der Waals surface area contributed by atoms with Crippen molar-refractivity contribution in [3.05, 3.63) is 82.6 Å². The lowest BCUT2D eigenvalue weighted by Crippen LogP contribution is -2.11. The maximum Gasteiger partial charge on any atom is 0.345 e. The first-order chi connectivity index (χ1) is 13.4. The molecule has 2 aromatic carbocycles. The summed E-state index contributed by atoms with van der Waals surface area (Å²) in [5.41, 5.74) is 0.530. The van der Waals surface area contributed by atoms with E-state index in [9.17, 15) is 13.2 Å². The second-order valence-electron chi connectivity index (χ2n) is 5.84. The molecule has 0 unspecified atom stereocenters. The summed E-state index contributed by atoms with van der Waals surface area (Å²) in [5, 5.41) is 0. The summed E-state index contributed by atoms with van der Waals surface area (Å²) < 4.78 is 36.8. The number of halogens is 1. The molecule has 0 saturated heterocycles. The molecule has 0 radical (unpaired) electrons. The summed E-state index contributed by atoms with van der Waals surface area (Å²) in [4.78, 5) is 16.3. The Labute approximate surface area is 171 Å². The van der Waals surface area contributed by atoms with E-state index >= 15 is 0 Å². The van der Waals surface area contributed by atoms with Crippen LogP contribution in [0.15, 0.2) is 76.4 Å². The number of methoxy groups -OCH3 is 1. The second-order valence-corrected chi connectivity index (χ2v) is 8.71. The van der Waals surface area contributed by atoms with E-state index in [-0.39, 0.29) is 22.0 Å². The van der Waals surface area contributed by atoms with E-state index < -0.39 is 15.8 Å². The number of carbonyl (C=O) groups excluding carboxylic acids is 1. The minimum Gasteiger partial charge on any atom is -0.495 e. The van der Waals surface area contributed by atoms with Crippen LogP contribution in [0.1, 0.15) is 15.9 Å². The van der Waals surface area contributed by atoms with Gasteiger partial charge in [0.1, 0.15) is 16.4 Å². The van der Waals surface area contributed by atoms with Gasteiger partial charge in [0.2, 0.25) is 0 Å². The lowest BCUT2D eigenvalue weighted by Gasteiger charge is -2.11. The Morgan fingerprint density at radius 1 is 1.07 bits per heavy atom. The van der Waals surface area contributed by atoms with Crippen LogP contribution >= 0.6 is 15.9 Å². The van der Waals surface area contributed by atoms with E-state index in [1.807, 2.05) is 0 Å². The highest BCUT2D eigenvalue weighted by molar-refractivity contribution is 9.10. The number of benzene rings is 2. The van der Waals surface area contributed by atoms with Crippen LogP contribution in [0, 0.1) is 0 Å². The molecule has 0 atom stereocenters. The third-order valence-electron chi connectivity index (χ3n) is 3.80. The first-order valence-corrected chi connectivity index (χ1v) is 10.6. The molecular weight excluding hydrogens is 446 g/mol. The van der Waals surface area contributed by atoms with Gasteiger partial charge in [-0.2, -0.15) is 0 Å². The molecule has 0 N–H and O–H groups in total. The number of hydrogen-bond acceptors (Lipinski definition) is 6. The highest BCUT2D eigenvalue weighted by Crippen LogP contribution is 2.29. The first kappa shape index (κ1) is 20.0. The number of pyridine rings is 1. The van der Waals surface area contributed by atoms with E-state index in [0.29, 0.717) is 15.8 Å². The number of esters is 1. The highest BCUT2D eigenvalue weighted by atomic mass is 79.9. The van der Waals surface area contributed by atoms with Crippen molar-refractivity contribution in [3.8, 4) is 11.5 Å². The van der Waals surface area contributed by atoms with Crippen molar-refractivity contribution in [1.29, 1.82) is 0 Å². The zero-order chi connectivity index (χ0) is 20.1. The van der Waals surface area contributed by atoms with Crippen LogP contribution in [0.3, 0.4) is 0 Å². The van der Waals surface area contributed by atoms with Crippen LogP contribution in [0.25, 0.3) is 0 Å². The Morgan fingerprint density at radius 2 is 1.82 bits per heavy atom. The van der Waals surface area contributed by atoms with Crippen LogP contribution in [0.2, 0.25) is 0 Å². The van der Waals surface area contributed by atoms with Gasteiger partial charge < -0.3 is 9.47 Å². The Morgan fingerprint density at radius 3 is 2.54 bits per heavy atom. The molecule has 3 aromatic rings. The predicted molar refractivity (Wildman–Crippen MR) is 107 cm³/mol. The fraction of sp³-hybridized carbons (Fsp3) is 0.100. The topological polar surface area (TPSA) is 82.6 Å². The van der Waals surface area contributed by atoms with Gasteiger partial charge in [0.15, 0.2) is 9.84 Å². The summed E-state index contributed by atoms with van der Waals surface area (Å²) in [7, 11) is -2.32. The van der Waals surface area contributed by atoms with Gasteiger partial charge in [0.05, 0.1) is 18.4 Å². The van der Waals surface area contributed by atoms with Crippen LogP contribution in [0.5, 0.6) is 11.5 Å². The van der Waals surface area contributed by atoms with Gasteiger partial charge in [0, 0.05) is 16.9 Å². The maximum atomic E-state index is 12.9. The molecule has 1 heterocycles. The Kier molecular flexibility index (Phi) is 6.11. The molecule has 0 saturated carbocycles. The Balaban J connectivity index is 1.84. The fourth-order valence-electron chi connectivity index (χ4n) is 2.52. The van der Waals surface area contributed by atoms with Gasteiger partial charge in [-0.3, -0.25) is 4.98 Å². The normalized spacial score (nSPS) is 11.1. The number of para-hydroxylation sites is 1. The average molecular weight is 462 g/mol. The molecule has 0 bridgehead atoms. The Hall–Kier alpha value is -2.71. The van der Waals surface area contributed by atoms with Crippen LogP contribution in [0.4, 0.5) is 0 Å². The molecule has 28 heavy (non-hydrogen) atoms. The maximum absolute atomic E-state index is 12.9. The zero-order valence-corrected chi connectivity index (χ0v) is 17.2. The molecule has 6 nitrogen and oxygen atoms in total. The molecule has 0 amide bonds. The van der Waals surface area contributed by atoms with Crippen molar-refractivity contribution in [3.63, 3.8) is 0 Å². The van der Waals surface area contributed by atoms with E-state index in [1.165, 1.54) is 31.6 Å². The van der Waals surface area contributed by atoms with Crippen molar-refractivity contribution < 1.29 is 22.7 Å². The van der Waals surface area contributed by atoms with Gasteiger partial charge in [-0.05, 0) is 42.0 Å². The zero-order valence-electron chi connectivity index (χ0n) is 14.8. The number of hydrogen-bond donors (Lipinski definition) is 0. The predicted octanol–water partition coefficient (Wildman–Crippen LogP) is 4.05. The molecule has 144 valence electrons. The molecule has 0 aliphatic carbocycles. The smallest absolute Gasteiger partial charge is 0.345 e. The SMILES string of the molecule is COc1ccc(Br)cc1S(=O)(=O)Cc1cncc(C(=O)Oc2ccccc2)c1. The van der Waals surface area contributed by atoms with Crippen LogP contribution in [-0.4, -0.2) is 26.5 Å². The number of nitrogens with zero attached hydrogens (tertiary/aromatic N) is 1. The highest BCUT2D eigenvalue weighted by Gasteiger charge is 2.22. The summed E-state index contributed by atoms with van der Waals surface area (Å²) in [6, 6.07) is 14.8. The lowest BCUT2D eigenvalue weighted by atomic mass is 10.2. The summed E-state index contributed by atoms with van der Waals surface area (Å²) in [5.74, 6) is -0.308. The number of sulfone groups is 1. The molecule has 0 fully saturated rings. The Bertz CT molecular complexity index is 1100. The monoisotopic (exact) mass is 461 g/mol. The molecule has 0 aliphatic heterocycles. The lowest BCUT2D eigenvalue weighted by molar-refractivity contribution is 0.0734. The third kappa shape index (κ3) is 4.76. The molecule has 0 spiro atoms. The minimum atomic E-state index is -3.73. The molecular formula is C20H16BrNO5S. The molecule has 0 aliphatic rings. The largest absolute Gasteiger partial charge is 0.495 e. The van der Waals surface area contributed by atoms with Crippen molar-refractivity contribution in [2.45, 2.75) is 10.6 Å². The first-order valence-electron chi connectivity index (χ1n) is 8.16. The number of carbonyl (C=O) groups is 1. The van der Waals surface area contributed by atoms with Gasteiger partial charge in [0.25, 0.3) is 0 Å². The quantitative estimate of drug-likeness (QED) is 0.406. The fourth-order valence-corrected chi connectivity index (χ4v) is 4.55. The summed E-state index contributed by atoms with van der Waals surface area (Å²) in [6.07, 6.45) is 2.74. The second kappa shape index (κ2) is 8.53. The van der Waals surface area contributed by atoms with Crippen molar-refractivity contribution >= 4 is 31.7 Å². The molecule has 8 heteroatoms. The minimum absolute atomic E-state index is 0.0571. The molecule has 3 rings (SSSR count). The van der Waals surface area contributed by atoms with Crippen molar-refractivity contribution in [2.75, 3.05) is 7.11 Å². The van der Waals surface area contributed by atoms with Gasteiger partial charge in [-0.25, -0.2) is 13.2 Å². The van der Waals surface area contributed by atoms with E-state index in [4.69, 9.17) is 9.47 Å². The number of aromatic nitrogens is 1. The number of rotatable bonds is 6. The summed E-state index contributed by atoms with van der Waals surface area (Å²) >= 11 is 3.27. The van der Waals surface area contributed by atoms with Crippen molar-refractivity contribution in [2.24, 2.45) is 0 Å². The standard InChI is InChI=1S/C20H16BrNO5S/c1-26-18-8-7-16(21)10-19(18)28(24,25)13-14-9-15(12-22-11-14)20(23)27-17-5-3-2-4-6-17/h2-12H,13H2,1H3. The van der Waals surface area contributed by atoms with Gasteiger partial charge in [-0.15, -0.1) is 0 Å². The van der Waals surface area contributed by atoms with Gasteiger partial charge in [-0.1, -0.05) is 34.1 Å². The summed E-state index contributed by atoms with van der Waals surface area (Å²) in [6.45, 7) is 0. The van der Waals surface area contributed by atoms with E-state index in [0.717, 1.165) is 0 Å². The third-order valence-corrected chi connectivity index (χ3v) is 6.00. The van der Waals surface area contributed by atoms with Gasteiger partial charge >= 0.3 is 5.97 Å². The van der Waals surface area contributed by atoms with E-state index in [1.54, 1.807) is 42.5 Å².